The van der Waals surface area contributed by atoms with E-state index in [0.29, 0.717) is 0 Å². The zero-order chi connectivity index (χ0) is 8.81. The van der Waals surface area contributed by atoms with Gasteiger partial charge in [0.25, 0.3) is 0 Å². The van der Waals surface area contributed by atoms with Gasteiger partial charge in [-0.1, -0.05) is 12.1 Å². The largest absolute Gasteiger partial charge is 0.516 e. The maximum absolute atomic E-state index is 8.42. The van der Waals surface area contributed by atoms with Crippen LogP contribution in [-0.2, 0) is 6.42 Å². The average molecular weight is 164 g/mol. The Balaban J connectivity index is 2.64. The molecule has 0 fully saturated rings. The van der Waals surface area contributed by atoms with E-state index in [2.05, 4.69) is 0 Å². The first-order chi connectivity index (χ1) is 5.86. The fourth-order valence-electron chi connectivity index (χ4n) is 0.950. The van der Waals surface area contributed by atoms with E-state index in [4.69, 9.17) is 9.84 Å². The van der Waals surface area contributed by atoms with Crippen LogP contribution in [0.2, 0.25) is 0 Å². The number of hydrogen-bond acceptors (Lipinski definition) is 2. The molecule has 1 N–H and O–H groups in total. The summed E-state index contributed by atoms with van der Waals surface area (Å²) in [5.74, 6) is 0.853. The summed E-state index contributed by atoms with van der Waals surface area (Å²) in [6.45, 7) is 0. The minimum atomic E-state index is 0.750. The van der Waals surface area contributed by atoms with Crippen LogP contribution in [0.1, 0.15) is 5.56 Å². The fourth-order valence-corrected chi connectivity index (χ4v) is 0.950. The van der Waals surface area contributed by atoms with Gasteiger partial charge in [-0.05, 0) is 30.2 Å². The second-order valence-electron chi connectivity index (χ2n) is 2.44. The molecule has 0 aliphatic heterocycles. The van der Waals surface area contributed by atoms with E-state index in [9.17, 15) is 0 Å². The molecule has 0 aliphatic carbocycles. The SMILES string of the molecule is COc1ccc(C/C=C\O)cc1. The molecule has 1 aromatic rings. The van der Waals surface area contributed by atoms with Gasteiger partial charge in [0.05, 0.1) is 13.4 Å². The monoisotopic (exact) mass is 164 g/mol. The Labute approximate surface area is 72.1 Å². The molecule has 0 aromatic heterocycles. The molecule has 0 bridgehead atoms. The third-order valence-electron chi connectivity index (χ3n) is 1.62. The van der Waals surface area contributed by atoms with Crippen LogP contribution in [0, 0.1) is 0 Å². The number of hydrogen-bond donors (Lipinski definition) is 1. The number of aliphatic hydroxyl groups is 1. The lowest BCUT2D eigenvalue weighted by atomic mass is 10.1. The molecule has 0 saturated carbocycles. The summed E-state index contributed by atoms with van der Waals surface area (Å²) in [7, 11) is 1.64. The summed E-state index contributed by atoms with van der Waals surface area (Å²) in [6, 6.07) is 7.75. The first kappa shape index (κ1) is 8.65. The van der Waals surface area contributed by atoms with Crippen LogP contribution in [0.3, 0.4) is 0 Å². The van der Waals surface area contributed by atoms with Crippen molar-refractivity contribution in [1.29, 1.82) is 0 Å². The number of aliphatic hydroxyl groups excluding tert-OH is 1. The van der Waals surface area contributed by atoms with Crippen molar-refractivity contribution in [3.8, 4) is 5.75 Å². The van der Waals surface area contributed by atoms with Crippen LogP contribution in [0.5, 0.6) is 5.75 Å². The van der Waals surface area contributed by atoms with Crippen LogP contribution in [0.25, 0.3) is 0 Å². The lowest BCUT2D eigenvalue weighted by Crippen LogP contribution is -1.84. The molecule has 64 valence electrons. The molecule has 2 nitrogen and oxygen atoms in total. The predicted octanol–water partition coefficient (Wildman–Crippen LogP) is 2.31. The van der Waals surface area contributed by atoms with Gasteiger partial charge >= 0.3 is 0 Å². The number of allylic oxidation sites excluding steroid dienone is 1. The average Bonchev–Trinajstić information content (AvgIpc) is 2.15. The quantitative estimate of drug-likeness (QED) is 0.694. The van der Waals surface area contributed by atoms with E-state index >= 15 is 0 Å². The summed E-state index contributed by atoms with van der Waals surface area (Å²) in [5, 5.41) is 8.42. The maximum atomic E-state index is 8.42. The molecule has 1 aromatic carbocycles. The first-order valence-electron chi connectivity index (χ1n) is 3.79. The van der Waals surface area contributed by atoms with E-state index in [0.717, 1.165) is 24.0 Å². The Bertz CT molecular complexity index is 249. The Hall–Kier alpha value is -1.44. The highest BCUT2D eigenvalue weighted by Crippen LogP contribution is 2.11. The highest BCUT2D eigenvalue weighted by Gasteiger charge is 1.90. The first-order valence-corrected chi connectivity index (χ1v) is 3.79. The van der Waals surface area contributed by atoms with Crippen LogP contribution in [0.15, 0.2) is 36.6 Å². The van der Waals surface area contributed by atoms with Crippen molar-refractivity contribution in [2.45, 2.75) is 6.42 Å². The van der Waals surface area contributed by atoms with Crippen molar-refractivity contribution in [2.24, 2.45) is 0 Å². The molecule has 0 spiro atoms. The Morgan fingerprint density at radius 3 is 2.50 bits per heavy atom. The topological polar surface area (TPSA) is 29.5 Å². The summed E-state index contributed by atoms with van der Waals surface area (Å²) in [4.78, 5) is 0. The summed E-state index contributed by atoms with van der Waals surface area (Å²) in [5.41, 5.74) is 1.15. The Kier molecular flexibility index (Phi) is 3.20. The number of rotatable bonds is 3. The molecule has 1 rings (SSSR count). The number of benzene rings is 1. The second kappa shape index (κ2) is 4.44. The maximum Gasteiger partial charge on any atom is 0.118 e. The van der Waals surface area contributed by atoms with Crippen molar-refractivity contribution in [3.05, 3.63) is 42.2 Å². The molecule has 0 heterocycles. The van der Waals surface area contributed by atoms with E-state index < -0.39 is 0 Å². The van der Waals surface area contributed by atoms with Crippen molar-refractivity contribution in [2.75, 3.05) is 7.11 Å². The lowest BCUT2D eigenvalue weighted by molar-refractivity contribution is 0.414. The zero-order valence-corrected chi connectivity index (χ0v) is 7.03. The molecule has 0 unspecified atom stereocenters. The summed E-state index contributed by atoms with van der Waals surface area (Å²) < 4.78 is 5.01. The lowest BCUT2D eigenvalue weighted by Gasteiger charge is -1.99. The van der Waals surface area contributed by atoms with Crippen LogP contribution < -0.4 is 4.74 Å². The predicted molar refractivity (Wildman–Crippen MR) is 48.5 cm³/mol. The minimum absolute atomic E-state index is 0.750. The standard InChI is InChI=1S/C10H12O2/c1-12-10-6-4-9(5-7-10)3-2-8-11/h2,4-8,11H,3H2,1H3/b8-2-. The van der Waals surface area contributed by atoms with Crippen molar-refractivity contribution in [1.82, 2.24) is 0 Å². The van der Waals surface area contributed by atoms with E-state index in [1.54, 1.807) is 13.2 Å². The number of ether oxygens (including phenoxy) is 1. The number of methoxy groups -OCH3 is 1. The van der Waals surface area contributed by atoms with Gasteiger partial charge in [0, 0.05) is 0 Å². The molecule has 0 radical (unpaired) electrons. The highest BCUT2D eigenvalue weighted by molar-refractivity contribution is 5.28. The van der Waals surface area contributed by atoms with Gasteiger partial charge < -0.3 is 9.84 Å². The zero-order valence-electron chi connectivity index (χ0n) is 7.03. The second-order valence-corrected chi connectivity index (χ2v) is 2.44. The van der Waals surface area contributed by atoms with Gasteiger partial charge in [-0.2, -0.15) is 0 Å². The van der Waals surface area contributed by atoms with Crippen molar-refractivity contribution >= 4 is 0 Å². The summed E-state index contributed by atoms with van der Waals surface area (Å²) >= 11 is 0. The van der Waals surface area contributed by atoms with Gasteiger partial charge in [-0.3, -0.25) is 0 Å². The molecule has 0 saturated heterocycles. The van der Waals surface area contributed by atoms with E-state index in [-0.39, 0.29) is 0 Å². The molecule has 0 amide bonds. The molecule has 0 atom stereocenters. The molecule has 2 heteroatoms. The Morgan fingerprint density at radius 2 is 2.00 bits per heavy atom. The van der Waals surface area contributed by atoms with E-state index in [1.807, 2.05) is 24.3 Å². The smallest absolute Gasteiger partial charge is 0.118 e. The third-order valence-corrected chi connectivity index (χ3v) is 1.62. The third kappa shape index (κ3) is 2.31. The van der Waals surface area contributed by atoms with Crippen LogP contribution in [0.4, 0.5) is 0 Å². The summed E-state index contributed by atoms with van der Waals surface area (Å²) in [6.07, 6.45) is 3.51. The van der Waals surface area contributed by atoms with Crippen molar-refractivity contribution in [3.63, 3.8) is 0 Å². The van der Waals surface area contributed by atoms with Gasteiger partial charge in [0.15, 0.2) is 0 Å². The van der Waals surface area contributed by atoms with Crippen molar-refractivity contribution < 1.29 is 9.84 Å². The molecular formula is C10H12O2. The molecule has 0 aliphatic rings. The minimum Gasteiger partial charge on any atom is -0.516 e. The molecular weight excluding hydrogens is 152 g/mol. The van der Waals surface area contributed by atoms with Gasteiger partial charge in [-0.15, -0.1) is 0 Å². The fraction of sp³-hybridized carbons (Fsp3) is 0.200. The normalized spacial score (nSPS) is 10.4. The van der Waals surface area contributed by atoms with E-state index in [1.165, 1.54) is 0 Å². The van der Waals surface area contributed by atoms with Crippen LogP contribution >= 0.6 is 0 Å². The van der Waals surface area contributed by atoms with Gasteiger partial charge in [0.1, 0.15) is 5.75 Å². The van der Waals surface area contributed by atoms with Crippen LogP contribution in [-0.4, -0.2) is 12.2 Å². The van der Waals surface area contributed by atoms with Gasteiger partial charge in [0.2, 0.25) is 0 Å². The highest BCUT2D eigenvalue weighted by atomic mass is 16.5. The van der Waals surface area contributed by atoms with Gasteiger partial charge in [-0.25, -0.2) is 0 Å². The molecule has 12 heavy (non-hydrogen) atoms. The Morgan fingerprint density at radius 1 is 1.33 bits per heavy atom.